The summed E-state index contributed by atoms with van der Waals surface area (Å²) >= 11 is 0. The van der Waals surface area contributed by atoms with Gasteiger partial charge in [-0.2, -0.15) is 0 Å². The molecule has 1 fully saturated rings. The fourth-order valence-corrected chi connectivity index (χ4v) is 3.18. The zero-order chi connectivity index (χ0) is 17.3. The third-order valence-electron chi connectivity index (χ3n) is 4.39. The highest BCUT2D eigenvalue weighted by Crippen LogP contribution is 2.19. The number of rotatable bonds is 8. The van der Waals surface area contributed by atoms with E-state index in [4.69, 9.17) is 15.9 Å². The smallest absolute Gasteiger partial charge is 0.148 e. The Bertz CT molecular complexity index is 669. The zero-order valence-corrected chi connectivity index (χ0v) is 14.6. The highest BCUT2D eigenvalue weighted by atomic mass is 16.5. The van der Waals surface area contributed by atoms with E-state index < -0.39 is 0 Å². The minimum absolute atomic E-state index is 0.304. The maximum absolute atomic E-state index is 5.84. The molecule has 1 aliphatic rings. The van der Waals surface area contributed by atoms with Crippen molar-refractivity contribution in [1.29, 1.82) is 0 Å². The Morgan fingerprint density at radius 2 is 1.76 bits per heavy atom. The number of nitrogens with zero attached hydrogens (tertiary/aromatic N) is 1. The molecule has 2 aromatic rings. The molecular weight excluding hydrogens is 310 g/mol. The van der Waals surface area contributed by atoms with Gasteiger partial charge in [0.1, 0.15) is 12.4 Å². The van der Waals surface area contributed by atoms with E-state index in [9.17, 15) is 0 Å². The quantitative estimate of drug-likeness (QED) is 0.683. The lowest BCUT2D eigenvalue weighted by molar-refractivity contribution is 0.0679. The molecule has 0 aromatic heterocycles. The first kappa shape index (κ1) is 17.5. The Labute approximate surface area is 150 Å². The van der Waals surface area contributed by atoms with Crippen LogP contribution in [0, 0.1) is 12.3 Å². The Kier molecular flexibility index (Phi) is 6.50. The van der Waals surface area contributed by atoms with Gasteiger partial charge in [-0.05, 0) is 36.1 Å². The Balaban J connectivity index is 1.64. The minimum atomic E-state index is 0.304. The van der Waals surface area contributed by atoms with E-state index in [1.54, 1.807) is 0 Å². The van der Waals surface area contributed by atoms with E-state index in [0.29, 0.717) is 12.7 Å². The molecule has 1 heterocycles. The molecule has 0 aliphatic carbocycles. The molecule has 0 bridgehead atoms. The van der Waals surface area contributed by atoms with Gasteiger partial charge in [-0.3, -0.25) is 4.90 Å². The van der Waals surface area contributed by atoms with Crippen LogP contribution in [0.1, 0.15) is 24.0 Å². The van der Waals surface area contributed by atoms with Crippen LogP contribution >= 0.6 is 0 Å². The second-order valence-electron chi connectivity index (χ2n) is 6.43. The summed E-state index contributed by atoms with van der Waals surface area (Å²) in [7, 11) is 0. The fourth-order valence-electron chi connectivity index (χ4n) is 3.18. The molecule has 130 valence electrons. The Hall–Kier alpha value is -2.28. The zero-order valence-electron chi connectivity index (χ0n) is 14.6. The van der Waals surface area contributed by atoms with Crippen LogP contribution in [-0.4, -0.2) is 30.8 Å². The molecule has 3 heteroatoms. The molecule has 0 spiro atoms. The normalized spacial score (nSPS) is 16.7. The number of hydrogen-bond acceptors (Lipinski definition) is 3. The largest absolute Gasteiger partial charge is 0.481 e. The van der Waals surface area contributed by atoms with E-state index >= 15 is 0 Å². The lowest BCUT2D eigenvalue weighted by atomic mass is 10.1. The fraction of sp³-hybridized carbons (Fsp3) is 0.364. The van der Waals surface area contributed by atoms with Crippen molar-refractivity contribution < 1.29 is 9.47 Å². The standard InChI is InChI=1S/C22H25NO2/c1-2-14-24-21-12-10-20(11-13-21)17-23(18-22-9-6-15-25-22)16-19-7-4-3-5-8-19/h1,3-5,7-8,10-13,22H,6,9,14-18H2/t22-/m1/s1. The van der Waals surface area contributed by atoms with Crippen LogP contribution in [0.3, 0.4) is 0 Å². The first-order valence-electron chi connectivity index (χ1n) is 8.86. The van der Waals surface area contributed by atoms with E-state index in [-0.39, 0.29) is 0 Å². The number of hydrogen-bond donors (Lipinski definition) is 0. The van der Waals surface area contributed by atoms with Crippen molar-refractivity contribution in [1.82, 2.24) is 4.90 Å². The molecule has 1 atom stereocenters. The van der Waals surface area contributed by atoms with Gasteiger partial charge < -0.3 is 9.47 Å². The van der Waals surface area contributed by atoms with Crippen LogP contribution < -0.4 is 4.74 Å². The predicted molar refractivity (Wildman–Crippen MR) is 100 cm³/mol. The summed E-state index contributed by atoms with van der Waals surface area (Å²) in [4.78, 5) is 2.46. The molecule has 0 N–H and O–H groups in total. The van der Waals surface area contributed by atoms with Gasteiger partial charge in [0.25, 0.3) is 0 Å². The van der Waals surface area contributed by atoms with Crippen molar-refractivity contribution in [2.75, 3.05) is 19.8 Å². The Morgan fingerprint density at radius 1 is 1.04 bits per heavy atom. The molecule has 3 nitrogen and oxygen atoms in total. The van der Waals surface area contributed by atoms with Crippen molar-refractivity contribution in [3.8, 4) is 18.1 Å². The molecule has 25 heavy (non-hydrogen) atoms. The van der Waals surface area contributed by atoms with Gasteiger partial charge in [0.15, 0.2) is 0 Å². The third kappa shape index (κ3) is 5.63. The lowest BCUT2D eigenvalue weighted by Gasteiger charge is -2.25. The van der Waals surface area contributed by atoms with Gasteiger partial charge in [-0.15, -0.1) is 6.42 Å². The van der Waals surface area contributed by atoms with Crippen molar-refractivity contribution >= 4 is 0 Å². The van der Waals surface area contributed by atoms with Gasteiger partial charge in [0, 0.05) is 26.2 Å². The van der Waals surface area contributed by atoms with Crippen molar-refractivity contribution in [3.63, 3.8) is 0 Å². The average Bonchev–Trinajstić information content (AvgIpc) is 3.15. The molecule has 1 saturated heterocycles. The molecule has 1 aliphatic heterocycles. The molecular formula is C22H25NO2. The topological polar surface area (TPSA) is 21.7 Å². The summed E-state index contributed by atoms with van der Waals surface area (Å²) in [6.45, 7) is 3.98. The van der Waals surface area contributed by atoms with E-state index in [1.165, 1.54) is 17.5 Å². The summed E-state index contributed by atoms with van der Waals surface area (Å²) < 4.78 is 11.3. The third-order valence-corrected chi connectivity index (χ3v) is 4.39. The summed E-state index contributed by atoms with van der Waals surface area (Å²) in [6.07, 6.45) is 7.91. The summed E-state index contributed by atoms with van der Waals surface area (Å²) in [5, 5.41) is 0. The minimum Gasteiger partial charge on any atom is -0.481 e. The van der Waals surface area contributed by atoms with Gasteiger partial charge in [0.2, 0.25) is 0 Å². The highest BCUT2D eigenvalue weighted by molar-refractivity contribution is 5.27. The number of benzene rings is 2. The second-order valence-corrected chi connectivity index (χ2v) is 6.43. The first-order chi connectivity index (χ1) is 12.3. The van der Waals surface area contributed by atoms with Crippen molar-refractivity contribution in [3.05, 3.63) is 65.7 Å². The lowest BCUT2D eigenvalue weighted by Crippen LogP contribution is -2.31. The van der Waals surface area contributed by atoms with E-state index in [2.05, 4.69) is 53.3 Å². The first-order valence-corrected chi connectivity index (χ1v) is 8.86. The van der Waals surface area contributed by atoms with Crippen LogP contribution in [0.5, 0.6) is 5.75 Å². The predicted octanol–water partition coefficient (Wildman–Crippen LogP) is 3.88. The van der Waals surface area contributed by atoms with Gasteiger partial charge in [0.05, 0.1) is 6.10 Å². The number of ether oxygens (including phenoxy) is 2. The van der Waals surface area contributed by atoms with Crippen molar-refractivity contribution in [2.24, 2.45) is 0 Å². The van der Waals surface area contributed by atoms with Crippen molar-refractivity contribution in [2.45, 2.75) is 32.0 Å². The van der Waals surface area contributed by atoms with Crippen LogP contribution in [0.15, 0.2) is 54.6 Å². The molecule has 0 unspecified atom stereocenters. The molecule has 3 rings (SSSR count). The van der Waals surface area contributed by atoms with E-state index in [0.717, 1.165) is 38.4 Å². The maximum Gasteiger partial charge on any atom is 0.148 e. The summed E-state index contributed by atoms with van der Waals surface area (Å²) in [5.41, 5.74) is 2.59. The average molecular weight is 335 g/mol. The maximum atomic E-state index is 5.84. The number of terminal acetylenes is 1. The molecule has 2 aromatic carbocycles. The van der Waals surface area contributed by atoms with Crippen LogP contribution in [0.2, 0.25) is 0 Å². The summed E-state index contributed by atoms with van der Waals surface area (Å²) in [6, 6.07) is 18.8. The molecule has 0 saturated carbocycles. The highest BCUT2D eigenvalue weighted by Gasteiger charge is 2.19. The Morgan fingerprint density at radius 3 is 2.40 bits per heavy atom. The van der Waals surface area contributed by atoms with E-state index in [1.807, 2.05) is 12.1 Å². The van der Waals surface area contributed by atoms with Crippen LogP contribution in [0.4, 0.5) is 0 Å². The summed E-state index contributed by atoms with van der Waals surface area (Å²) in [5.74, 6) is 3.30. The second kappa shape index (κ2) is 9.27. The SMILES string of the molecule is C#CCOc1ccc(CN(Cc2ccccc2)C[C@H]2CCCO2)cc1. The van der Waals surface area contributed by atoms with Gasteiger partial charge >= 0.3 is 0 Å². The molecule has 0 radical (unpaired) electrons. The van der Waals surface area contributed by atoms with Gasteiger partial charge in [-0.1, -0.05) is 48.4 Å². The monoisotopic (exact) mass is 335 g/mol. The van der Waals surface area contributed by atoms with Gasteiger partial charge in [-0.25, -0.2) is 0 Å². The van der Waals surface area contributed by atoms with Crippen LogP contribution in [-0.2, 0) is 17.8 Å². The molecule has 0 amide bonds. The van der Waals surface area contributed by atoms with Crippen LogP contribution in [0.25, 0.3) is 0 Å².